The highest BCUT2D eigenvalue weighted by Gasteiger charge is 2.21. The molecule has 0 radical (unpaired) electrons. The lowest BCUT2D eigenvalue weighted by Crippen LogP contribution is -2.21. The summed E-state index contributed by atoms with van der Waals surface area (Å²) >= 11 is 4.85. The van der Waals surface area contributed by atoms with Crippen LogP contribution in [0.1, 0.15) is 17.5 Å². The van der Waals surface area contributed by atoms with E-state index in [2.05, 4.69) is 38.7 Å². The predicted molar refractivity (Wildman–Crippen MR) is 93.4 cm³/mol. The van der Waals surface area contributed by atoms with Gasteiger partial charge in [0.05, 0.1) is 12.1 Å². The number of nitrogen functional groups attached to an aromatic ring is 1. The highest BCUT2D eigenvalue weighted by Crippen LogP contribution is 2.41. The van der Waals surface area contributed by atoms with E-state index in [1.54, 1.807) is 22.7 Å². The van der Waals surface area contributed by atoms with Gasteiger partial charge in [-0.3, -0.25) is 0 Å². The Kier molecular flexibility index (Phi) is 4.23. The lowest BCUT2D eigenvalue weighted by atomic mass is 10.3. The molecule has 0 atom stereocenters. The lowest BCUT2D eigenvalue weighted by Gasteiger charge is -2.21. The molecular formula is C14H16N4S3. The summed E-state index contributed by atoms with van der Waals surface area (Å²) in [6.45, 7) is 5.95. The van der Waals surface area contributed by atoms with Crippen LogP contribution >= 0.6 is 34.2 Å². The van der Waals surface area contributed by atoms with Gasteiger partial charge in [0, 0.05) is 22.5 Å². The molecule has 0 saturated carbocycles. The van der Waals surface area contributed by atoms with Gasteiger partial charge in [-0.25, -0.2) is 4.98 Å². The van der Waals surface area contributed by atoms with Crippen molar-refractivity contribution in [3.8, 4) is 10.6 Å². The molecule has 4 nitrogen and oxygen atoms in total. The fourth-order valence-corrected chi connectivity index (χ4v) is 4.61. The maximum Gasteiger partial charge on any atom is 0.149 e. The number of nitrogens with zero attached hydrogens (tertiary/aromatic N) is 3. The van der Waals surface area contributed by atoms with Crippen molar-refractivity contribution in [2.75, 3.05) is 17.2 Å². The number of anilines is 2. The van der Waals surface area contributed by atoms with Crippen molar-refractivity contribution < 1.29 is 0 Å². The van der Waals surface area contributed by atoms with Crippen molar-refractivity contribution in [2.24, 2.45) is 0 Å². The molecule has 0 unspecified atom stereocenters. The van der Waals surface area contributed by atoms with E-state index in [0.717, 1.165) is 34.4 Å². The topological polar surface area (TPSA) is 55.0 Å². The van der Waals surface area contributed by atoms with Crippen molar-refractivity contribution in [3.63, 3.8) is 0 Å². The van der Waals surface area contributed by atoms with Crippen LogP contribution in [0.2, 0.25) is 0 Å². The minimum atomic E-state index is 0.578. The molecule has 0 aliphatic rings. The number of rotatable bonds is 5. The monoisotopic (exact) mass is 336 g/mol. The van der Waals surface area contributed by atoms with E-state index in [4.69, 9.17) is 5.73 Å². The molecule has 0 fully saturated rings. The Bertz CT molecular complexity index is 714. The Morgan fingerprint density at radius 2 is 2.19 bits per heavy atom. The zero-order chi connectivity index (χ0) is 14.8. The standard InChI is InChI=1S/C14H16N4S3/c1-3-18(7-10-5-4-6-19-10)14-11(12(15)17-21-14)13-16-9(2)8-20-13/h4-6,8H,3,7H2,1-2H3,(H2,15,17). The Balaban J connectivity index is 1.97. The SMILES string of the molecule is CCN(Cc1cccs1)c1snc(N)c1-c1nc(C)cs1. The van der Waals surface area contributed by atoms with Gasteiger partial charge in [-0.05, 0) is 36.8 Å². The quantitative estimate of drug-likeness (QED) is 0.757. The van der Waals surface area contributed by atoms with Gasteiger partial charge >= 0.3 is 0 Å². The van der Waals surface area contributed by atoms with E-state index in [0.29, 0.717) is 5.82 Å². The minimum Gasteiger partial charge on any atom is -0.382 e. The van der Waals surface area contributed by atoms with Gasteiger partial charge < -0.3 is 10.6 Å². The molecule has 7 heteroatoms. The first-order valence-corrected chi connectivity index (χ1v) is 9.17. The van der Waals surface area contributed by atoms with Crippen LogP contribution in [0.5, 0.6) is 0 Å². The van der Waals surface area contributed by atoms with Gasteiger partial charge in [0.15, 0.2) is 0 Å². The Hall–Kier alpha value is -1.44. The lowest BCUT2D eigenvalue weighted by molar-refractivity contribution is 0.853. The first-order valence-electron chi connectivity index (χ1n) is 6.64. The molecule has 21 heavy (non-hydrogen) atoms. The van der Waals surface area contributed by atoms with Crippen molar-refractivity contribution >= 4 is 45.0 Å². The van der Waals surface area contributed by atoms with Crippen LogP contribution in [-0.2, 0) is 6.54 Å². The van der Waals surface area contributed by atoms with E-state index >= 15 is 0 Å². The molecule has 3 rings (SSSR count). The van der Waals surface area contributed by atoms with Crippen molar-refractivity contribution in [2.45, 2.75) is 20.4 Å². The van der Waals surface area contributed by atoms with Crippen LogP contribution in [-0.4, -0.2) is 15.9 Å². The third kappa shape index (κ3) is 2.95. The summed E-state index contributed by atoms with van der Waals surface area (Å²) in [6, 6.07) is 4.24. The second-order valence-electron chi connectivity index (χ2n) is 4.64. The molecule has 110 valence electrons. The minimum absolute atomic E-state index is 0.578. The van der Waals surface area contributed by atoms with E-state index in [1.807, 2.05) is 12.3 Å². The van der Waals surface area contributed by atoms with Gasteiger partial charge in [0.1, 0.15) is 15.8 Å². The third-order valence-electron chi connectivity index (χ3n) is 3.13. The van der Waals surface area contributed by atoms with Gasteiger partial charge in [-0.15, -0.1) is 22.7 Å². The van der Waals surface area contributed by atoms with Gasteiger partial charge in [-0.2, -0.15) is 4.37 Å². The van der Waals surface area contributed by atoms with Crippen molar-refractivity contribution in [3.05, 3.63) is 33.5 Å². The van der Waals surface area contributed by atoms with Crippen LogP contribution in [0.3, 0.4) is 0 Å². The molecule has 3 heterocycles. The fourth-order valence-electron chi connectivity index (χ4n) is 2.10. The predicted octanol–water partition coefficient (Wildman–Crippen LogP) is 4.25. The molecular weight excluding hydrogens is 320 g/mol. The van der Waals surface area contributed by atoms with Crippen molar-refractivity contribution in [1.29, 1.82) is 0 Å². The van der Waals surface area contributed by atoms with E-state index in [1.165, 1.54) is 16.4 Å². The largest absolute Gasteiger partial charge is 0.382 e. The summed E-state index contributed by atoms with van der Waals surface area (Å²) in [5, 5.41) is 6.22. The summed E-state index contributed by atoms with van der Waals surface area (Å²) in [7, 11) is 0. The number of aryl methyl sites for hydroxylation is 1. The summed E-state index contributed by atoms with van der Waals surface area (Å²) in [5.41, 5.74) is 8.09. The molecule has 3 aromatic heterocycles. The average molecular weight is 337 g/mol. The molecule has 0 aliphatic heterocycles. The highest BCUT2D eigenvalue weighted by molar-refractivity contribution is 7.15. The smallest absolute Gasteiger partial charge is 0.149 e. The summed E-state index contributed by atoms with van der Waals surface area (Å²) in [4.78, 5) is 8.22. The molecule has 0 saturated heterocycles. The second kappa shape index (κ2) is 6.13. The maximum absolute atomic E-state index is 6.09. The van der Waals surface area contributed by atoms with Gasteiger partial charge in [0.25, 0.3) is 0 Å². The zero-order valence-electron chi connectivity index (χ0n) is 11.9. The number of thiazole rings is 1. The average Bonchev–Trinajstić information content (AvgIpc) is 3.17. The molecule has 3 aromatic rings. The number of thiophene rings is 1. The number of aromatic nitrogens is 2. The van der Waals surface area contributed by atoms with Crippen LogP contribution in [0, 0.1) is 6.92 Å². The molecule has 2 N–H and O–H groups in total. The van der Waals surface area contributed by atoms with Gasteiger partial charge in [0.2, 0.25) is 0 Å². The molecule has 0 aliphatic carbocycles. The number of hydrogen-bond donors (Lipinski definition) is 1. The second-order valence-corrected chi connectivity index (χ2v) is 7.28. The van der Waals surface area contributed by atoms with Crippen LogP contribution in [0.4, 0.5) is 10.8 Å². The number of nitrogens with two attached hydrogens (primary N) is 1. The maximum atomic E-state index is 6.09. The molecule has 0 amide bonds. The molecule has 0 bridgehead atoms. The Morgan fingerprint density at radius 3 is 2.81 bits per heavy atom. The summed E-state index contributed by atoms with van der Waals surface area (Å²) in [5.74, 6) is 0.578. The van der Waals surface area contributed by atoms with E-state index in [-0.39, 0.29) is 0 Å². The Morgan fingerprint density at radius 1 is 1.33 bits per heavy atom. The van der Waals surface area contributed by atoms with E-state index < -0.39 is 0 Å². The van der Waals surface area contributed by atoms with Gasteiger partial charge in [-0.1, -0.05) is 6.07 Å². The van der Waals surface area contributed by atoms with Crippen LogP contribution < -0.4 is 10.6 Å². The number of hydrogen-bond acceptors (Lipinski definition) is 7. The Labute approximate surface area is 136 Å². The molecule has 0 spiro atoms. The summed E-state index contributed by atoms with van der Waals surface area (Å²) in [6.07, 6.45) is 0. The van der Waals surface area contributed by atoms with Crippen molar-refractivity contribution in [1.82, 2.24) is 9.36 Å². The zero-order valence-corrected chi connectivity index (χ0v) is 14.3. The molecule has 0 aromatic carbocycles. The van der Waals surface area contributed by atoms with Crippen LogP contribution in [0.25, 0.3) is 10.6 Å². The summed E-state index contributed by atoms with van der Waals surface area (Å²) < 4.78 is 4.35. The first-order chi connectivity index (χ1) is 10.2. The third-order valence-corrected chi connectivity index (χ3v) is 5.89. The first kappa shape index (κ1) is 14.5. The normalized spacial score (nSPS) is 11.0. The fraction of sp³-hybridized carbons (Fsp3) is 0.286. The van der Waals surface area contributed by atoms with E-state index in [9.17, 15) is 0 Å². The van der Waals surface area contributed by atoms with Crippen LogP contribution in [0.15, 0.2) is 22.9 Å². The highest BCUT2D eigenvalue weighted by atomic mass is 32.1.